The van der Waals surface area contributed by atoms with E-state index in [1.54, 1.807) is 0 Å². The summed E-state index contributed by atoms with van der Waals surface area (Å²) < 4.78 is 6.81. The molecular formula is C19H19BrN2O. The molecule has 1 unspecified atom stereocenters. The van der Waals surface area contributed by atoms with E-state index in [4.69, 9.17) is 4.74 Å². The highest BCUT2D eigenvalue weighted by atomic mass is 79.9. The Bertz CT molecular complexity index is 856. The maximum absolute atomic E-state index is 5.67. The minimum atomic E-state index is 0.192. The summed E-state index contributed by atoms with van der Waals surface area (Å²) >= 11 is 3.69. The number of hydrogen-bond donors (Lipinski definition) is 2. The van der Waals surface area contributed by atoms with E-state index >= 15 is 0 Å². The van der Waals surface area contributed by atoms with Gasteiger partial charge < -0.3 is 15.0 Å². The summed E-state index contributed by atoms with van der Waals surface area (Å²) in [6.07, 6.45) is 1.03. The second kappa shape index (κ2) is 6.02. The molecule has 23 heavy (non-hydrogen) atoms. The Morgan fingerprint density at radius 2 is 2.09 bits per heavy atom. The van der Waals surface area contributed by atoms with Crippen molar-refractivity contribution in [1.82, 2.24) is 10.3 Å². The Balaban J connectivity index is 1.85. The summed E-state index contributed by atoms with van der Waals surface area (Å²) in [7, 11) is 0. The molecule has 1 aliphatic heterocycles. The van der Waals surface area contributed by atoms with Crippen LogP contribution in [-0.4, -0.2) is 18.1 Å². The molecule has 0 saturated heterocycles. The molecule has 0 amide bonds. The van der Waals surface area contributed by atoms with Crippen molar-refractivity contribution in [3.05, 3.63) is 63.8 Å². The number of aromatic nitrogens is 1. The van der Waals surface area contributed by atoms with E-state index in [1.165, 1.54) is 27.7 Å². The molecule has 2 aromatic carbocycles. The van der Waals surface area contributed by atoms with Crippen molar-refractivity contribution in [3.8, 4) is 5.75 Å². The number of hydrogen-bond acceptors (Lipinski definition) is 2. The third kappa shape index (κ3) is 2.56. The first-order chi connectivity index (χ1) is 11.3. The zero-order chi connectivity index (χ0) is 15.8. The number of fused-ring (bicyclic) bond motifs is 3. The molecule has 118 valence electrons. The number of H-pyrrole nitrogens is 1. The van der Waals surface area contributed by atoms with Gasteiger partial charge in [-0.25, -0.2) is 0 Å². The highest BCUT2D eigenvalue weighted by Gasteiger charge is 2.26. The Morgan fingerprint density at radius 3 is 2.91 bits per heavy atom. The fraction of sp³-hybridized carbons (Fsp3) is 0.263. The van der Waals surface area contributed by atoms with Crippen molar-refractivity contribution in [2.24, 2.45) is 0 Å². The van der Waals surface area contributed by atoms with Gasteiger partial charge in [-0.05, 0) is 48.7 Å². The van der Waals surface area contributed by atoms with Gasteiger partial charge >= 0.3 is 0 Å². The average Bonchev–Trinajstić information content (AvgIpc) is 2.94. The lowest BCUT2D eigenvalue weighted by atomic mass is 9.94. The largest absolute Gasteiger partial charge is 0.494 e. The van der Waals surface area contributed by atoms with Crippen LogP contribution in [0.4, 0.5) is 0 Å². The van der Waals surface area contributed by atoms with Crippen molar-refractivity contribution >= 4 is 26.8 Å². The third-order valence-electron chi connectivity index (χ3n) is 4.45. The van der Waals surface area contributed by atoms with Gasteiger partial charge in [0.2, 0.25) is 0 Å². The van der Waals surface area contributed by atoms with E-state index in [0.29, 0.717) is 6.61 Å². The molecule has 3 nitrogen and oxygen atoms in total. The van der Waals surface area contributed by atoms with Crippen molar-refractivity contribution in [2.45, 2.75) is 19.4 Å². The molecule has 1 aromatic heterocycles. The Hall–Kier alpha value is -1.78. The van der Waals surface area contributed by atoms with E-state index in [0.717, 1.165) is 23.2 Å². The summed E-state index contributed by atoms with van der Waals surface area (Å²) in [5, 5.41) is 4.92. The second-order valence-electron chi connectivity index (χ2n) is 5.82. The van der Waals surface area contributed by atoms with Crippen LogP contribution in [0.15, 0.2) is 46.9 Å². The lowest BCUT2D eigenvalue weighted by molar-refractivity contribution is 0.340. The maximum Gasteiger partial charge on any atom is 0.120 e. The van der Waals surface area contributed by atoms with Crippen molar-refractivity contribution in [1.29, 1.82) is 0 Å². The fourth-order valence-corrected chi connectivity index (χ4v) is 3.95. The molecule has 0 radical (unpaired) electrons. The molecule has 0 aliphatic carbocycles. The minimum Gasteiger partial charge on any atom is -0.494 e. The zero-order valence-corrected chi connectivity index (χ0v) is 14.6. The van der Waals surface area contributed by atoms with Crippen LogP contribution in [0.5, 0.6) is 5.75 Å². The monoisotopic (exact) mass is 370 g/mol. The predicted octanol–water partition coefficient (Wildman–Crippen LogP) is 4.56. The summed E-state index contributed by atoms with van der Waals surface area (Å²) in [6, 6.07) is 14.9. The minimum absolute atomic E-state index is 0.192. The molecule has 2 heterocycles. The van der Waals surface area contributed by atoms with Gasteiger partial charge in [0, 0.05) is 27.6 Å². The Labute approximate surface area is 144 Å². The van der Waals surface area contributed by atoms with E-state index in [9.17, 15) is 0 Å². The van der Waals surface area contributed by atoms with Crippen LogP contribution in [0.2, 0.25) is 0 Å². The highest BCUT2D eigenvalue weighted by Crippen LogP contribution is 2.37. The first-order valence-electron chi connectivity index (χ1n) is 8.03. The van der Waals surface area contributed by atoms with Crippen LogP contribution in [0.25, 0.3) is 10.9 Å². The molecule has 1 aliphatic rings. The highest BCUT2D eigenvalue weighted by molar-refractivity contribution is 9.10. The fourth-order valence-electron chi connectivity index (χ4n) is 3.44. The number of rotatable bonds is 3. The van der Waals surface area contributed by atoms with Gasteiger partial charge in [-0.1, -0.05) is 34.1 Å². The van der Waals surface area contributed by atoms with Gasteiger partial charge in [0.25, 0.3) is 0 Å². The summed E-state index contributed by atoms with van der Waals surface area (Å²) in [5.41, 5.74) is 5.12. The summed E-state index contributed by atoms with van der Waals surface area (Å²) in [5.74, 6) is 0.942. The molecule has 2 N–H and O–H groups in total. The van der Waals surface area contributed by atoms with E-state index < -0.39 is 0 Å². The predicted molar refractivity (Wildman–Crippen MR) is 97.2 cm³/mol. The molecular weight excluding hydrogens is 352 g/mol. The van der Waals surface area contributed by atoms with Gasteiger partial charge in [0.1, 0.15) is 5.75 Å². The Kier molecular flexibility index (Phi) is 3.87. The van der Waals surface area contributed by atoms with Crippen LogP contribution in [0.3, 0.4) is 0 Å². The number of halogens is 1. The molecule has 0 fully saturated rings. The molecule has 4 heteroatoms. The van der Waals surface area contributed by atoms with Gasteiger partial charge in [-0.3, -0.25) is 0 Å². The van der Waals surface area contributed by atoms with Gasteiger partial charge in [-0.2, -0.15) is 0 Å². The van der Waals surface area contributed by atoms with Gasteiger partial charge in [-0.15, -0.1) is 0 Å². The first-order valence-corrected chi connectivity index (χ1v) is 8.82. The van der Waals surface area contributed by atoms with Crippen LogP contribution in [0, 0.1) is 0 Å². The van der Waals surface area contributed by atoms with E-state index in [2.05, 4.69) is 62.6 Å². The molecule has 0 bridgehead atoms. The van der Waals surface area contributed by atoms with Crippen molar-refractivity contribution < 1.29 is 4.74 Å². The van der Waals surface area contributed by atoms with Crippen molar-refractivity contribution in [3.63, 3.8) is 0 Å². The van der Waals surface area contributed by atoms with Gasteiger partial charge in [0.15, 0.2) is 0 Å². The lowest BCUT2D eigenvalue weighted by Crippen LogP contribution is -2.30. The molecule has 4 rings (SSSR count). The SMILES string of the molecule is CCOc1ccc2[nH]c3c(c2c1)CCNC3c1ccccc1Br. The van der Waals surface area contributed by atoms with Crippen LogP contribution < -0.4 is 10.1 Å². The number of nitrogens with one attached hydrogen (secondary N) is 2. The normalized spacial score (nSPS) is 17.2. The first kappa shape index (κ1) is 14.8. The maximum atomic E-state index is 5.67. The van der Waals surface area contributed by atoms with Gasteiger partial charge in [0.05, 0.1) is 12.6 Å². The van der Waals surface area contributed by atoms with E-state index in [-0.39, 0.29) is 6.04 Å². The average molecular weight is 371 g/mol. The lowest BCUT2D eigenvalue weighted by Gasteiger charge is -2.25. The summed E-state index contributed by atoms with van der Waals surface area (Å²) in [4.78, 5) is 3.62. The van der Waals surface area contributed by atoms with E-state index in [1.807, 2.05) is 13.0 Å². The zero-order valence-electron chi connectivity index (χ0n) is 13.0. The second-order valence-corrected chi connectivity index (χ2v) is 6.67. The number of ether oxygens (including phenoxy) is 1. The molecule has 1 atom stereocenters. The number of benzene rings is 2. The topological polar surface area (TPSA) is 37.0 Å². The van der Waals surface area contributed by atoms with Crippen LogP contribution >= 0.6 is 15.9 Å². The number of aromatic amines is 1. The smallest absolute Gasteiger partial charge is 0.120 e. The summed E-state index contributed by atoms with van der Waals surface area (Å²) in [6.45, 7) is 3.69. The quantitative estimate of drug-likeness (QED) is 0.708. The molecule has 0 spiro atoms. The third-order valence-corrected chi connectivity index (χ3v) is 5.17. The van der Waals surface area contributed by atoms with Crippen LogP contribution in [0.1, 0.15) is 29.8 Å². The molecule has 0 saturated carbocycles. The van der Waals surface area contributed by atoms with Crippen LogP contribution in [-0.2, 0) is 6.42 Å². The Morgan fingerprint density at radius 1 is 1.22 bits per heavy atom. The van der Waals surface area contributed by atoms with Crippen molar-refractivity contribution in [2.75, 3.05) is 13.2 Å². The molecule has 3 aromatic rings. The standard InChI is InChI=1S/C19H19BrN2O/c1-2-23-12-7-8-17-15(11-12)13-9-10-21-18(19(13)22-17)14-5-3-4-6-16(14)20/h3-8,11,18,21-22H,2,9-10H2,1H3.